The van der Waals surface area contributed by atoms with Crippen molar-refractivity contribution < 1.29 is 0 Å². The van der Waals surface area contributed by atoms with Gasteiger partial charge in [0.1, 0.15) is 16.2 Å². The second kappa shape index (κ2) is 5.92. The SMILES string of the molecule is N#CCSc1ncnc2scc(-c3ccc(Br)cc3)c12. The molecule has 2 aromatic heterocycles. The summed E-state index contributed by atoms with van der Waals surface area (Å²) in [6.07, 6.45) is 1.56. The van der Waals surface area contributed by atoms with Crippen LogP contribution in [0.1, 0.15) is 0 Å². The third-order valence-electron chi connectivity index (χ3n) is 2.76. The minimum Gasteiger partial charge on any atom is -0.229 e. The Bertz CT molecular complexity index is 790. The summed E-state index contributed by atoms with van der Waals surface area (Å²) in [5.41, 5.74) is 2.26. The van der Waals surface area contributed by atoms with E-state index in [0.29, 0.717) is 5.75 Å². The Labute approximate surface area is 132 Å². The van der Waals surface area contributed by atoms with Crippen LogP contribution in [0.2, 0.25) is 0 Å². The second-order valence-electron chi connectivity index (χ2n) is 3.96. The molecule has 0 atom stereocenters. The molecule has 0 saturated heterocycles. The maximum atomic E-state index is 8.75. The van der Waals surface area contributed by atoms with E-state index in [9.17, 15) is 0 Å². The molecule has 2 heterocycles. The van der Waals surface area contributed by atoms with Gasteiger partial charge < -0.3 is 0 Å². The fourth-order valence-corrected chi connectivity index (χ4v) is 3.82. The van der Waals surface area contributed by atoms with Crippen molar-refractivity contribution in [2.24, 2.45) is 0 Å². The Hall–Kier alpha value is -1.42. The maximum Gasteiger partial charge on any atom is 0.128 e. The lowest BCUT2D eigenvalue weighted by Gasteiger charge is -2.03. The first-order valence-corrected chi connectivity index (χ1v) is 8.43. The van der Waals surface area contributed by atoms with Gasteiger partial charge in [-0.2, -0.15) is 5.26 Å². The van der Waals surface area contributed by atoms with Gasteiger partial charge in [-0.1, -0.05) is 39.8 Å². The zero-order valence-corrected chi connectivity index (χ0v) is 13.4. The molecule has 0 bridgehead atoms. The highest BCUT2D eigenvalue weighted by Crippen LogP contribution is 2.37. The Morgan fingerprint density at radius 3 is 2.80 bits per heavy atom. The first-order chi connectivity index (χ1) is 9.79. The van der Waals surface area contributed by atoms with E-state index >= 15 is 0 Å². The standard InChI is InChI=1S/C14H8BrN3S2/c15-10-3-1-9(2-4-10)11-7-20-14-12(11)13(17-8-18-14)19-6-5-16/h1-4,7-8H,6H2. The lowest BCUT2D eigenvalue weighted by atomic mass is 10.1. The molecule has 1 aromatic carbocycles. The quantitative estimate of drug-likeness (QED) is 0.499. The monoisotopic (exact) mass is 361 g/mol. The number of thioether (sulfide) groups is 1. The summed E-state index contributed by atoms with van der Waals surface area (Å²) in [5, 5.41) is 12.8. The van der Waals surface area contributed by atoms with E-state index in [1.54, 1.807) is 17.7 Å². The van der Waals surface area contributed by atoms with Gasteiger partial charge in [0, 0.05) is 15.4 Å². The molecule has 0 spiro atoms. The number of rotatable bonds is 3. The lowest BCUT2D eigenvalue weighted by molar-refractivity contribution is 1.11. The molecule has 0 radical (unpaired) electrons. The predicted molar refractivity (Wildman–Crippen MR) is 86.9 cm³/mol. The third-order valence-corrected chi connectivity index (χ3v) is 5.04. The van der Waals surface area contributed by atoms with Gasteiger partial charge in [-0.25, -0.2) is 9.97 Å². The Balaban J connectivity index is 2.16. The van der Waals surface area contributed by atoms with Crippen LogP contribution in [0, 0.1) is 11.3 Å². The molecule has 0 saturated carbocycles. The van der Waals surface area contributed by atoms with Gasteiger partial charge in [-0.3, -0.25) is 0 Å². The summed E-state index contributed by atoms with van der Waals surface area (Å²) in [7, 11) is 0. The van der Waals surface area contributed by atoms with E-state index in [0.717, 1.165) is 30.8 Å². The molecule has 6 heteroatoms. The van der Waals surface area contributed by atoms with Crippen LogP contribution >= 0.6 is 39.0 Å². The summed E-state index contributed by atoms with van der Waals surface area (Å²) in [6.45, 7) is 0. The van der Waals surface area contributed by atoms with E-state index in [-0.39, 0.29) is 0 Å². The van der Waals surface area contributed by atoms with Crippen molar-refractivity contribution in [3.05, 3.63) is 40.4 Å². The molecule has 0 aliphatic heterocycles. The summed E-state index contributed by atoms with van der Waals surface area (Å²) >= 11 is 6.50. The van der Waals surface area contributed by atoms with Crippen LogP contribution in [-0.2, 0) is 0 Å². The molecular formula is C14H8BrN3S2. The van der Waals surface area contributed by atoms with Gasteiger partial charge >= 0.3 is 0 Å². The minimum atomic E-state index is 0.391. The Kier molecular flexibility index (Phi) is 4.01. The number of fused-ring (bicyclic) bond motifs is 1. The largest absolute Gasteiger partial charge is 0.229 e. The summed E-state index contributed by atoms with van der Waals surface area (Å²) in [6, 6.07) is 10.3. The first-order valence-electron chi connectivity index (χ1n) is 5.77. The number of thiophene rings is 1. The van der Waals surface area contributed by atoms with E-state index in [2.05, 4.69) is 49.5 Å². The summed E-state index contributed by atoms with van der Waals surface area (Å²) in [5.74, 6) is 0.391. The van der Waals surface area contributed by atoms with Crippen molar-refractivity contribution in [3.8, 4) is 17.2 Å². The average Bonchev–Trinajstić information content (AvgIpc) is 2.90. The molecule has 0 amide bonds. The number of halogens is 1. The van der Waals surface area contributed by atoms with Gasteiger partial charge in [0.2, 0.25) is 0 Å². The number of hydrogen-bond donors (Lipinski definition) is 0. The van der Waals surface area contributed by atoms with Gasteiger partial charge in [0.25, 0.3) is 0 Å². The predicted octanol–water partition coefficient (Wildman–Crippen LogP) is 4.74. The van der Waals surface area contributed by atoms with Crippen LogP contribution in [0.25, 0.3) is 21.3 Å². The highest BCUT2D eigenvalue weighted by atomic mass is 79.9. The highest BCUT2D eigenvalue weighted by Gasteiger charge is 2.13. The molecular weight excluding hydrogens is 354 g/mol. The van der Waals surface area contributed by atoms with Gasteiger partial charge in [-0.15, -0.1) is 11.3 Å². The highest BCUT2D eigenvalue weighted by molar-refractivity contribution is 9.10. The fraction of sp³-hybridized carbons (Fsp3) is 0.0714. The van der Waals surface area contributed by atoms with Gasteiger partial charge in [0.05, 0.1) is 17.2 Å². The molecule has 98 valence electrons. The van der Waals surface area contributed by atoms with Crippen LogP contribution in [0.5, 0.6) is 0 Å². The molecule has 0 unspecified atom stereocenters. The van der Waals surface area contributed by atoms with Crippen LogP contribution in [0.15, 0.2) is 45.5 Å². The minimum absolute atomic E-state index is 0.391. The van der Waals surface area contributed by atoms with E-state index < -0.39 is 0 Å². The van der Waals surface area contributed by atoms with Crippen molar-refractivity contribution >= 4 is 49.2 Å². The van der Waals surface area contributed by atoms with E-state index in [1.165, 1.54) is 11.8 Å². The molecule has 0 aliphatic carbocycles. The van der Waals surface area contributed by atoms with Crippen molar-refractivity contribution in [3.63, 3.8) is 0 Å². The topological polar surface area (TPSA) is 49.6 Å². The average molecular weight is 362 g/mol. The Morgan fingerprint density at radius 2 is 2.05 bits per heavy atom. The van der Waals surface area contributed by atoms with Crippen LogP contribution in [0.3, 0.4) is 0 Å². The molecule has 20 heavy (non-hydrogen) atoms. The van der Waals surface area contributed by atoms with Crippen molar-refractivity contribution in [1.82, 2.24) is 9.97 Å². The van der Waals surface area contributed by atoms with Crippen molar-refractivity contribution in [1.29, 1.82) is 5.26 Å². The zero-order valence-electron chi connectivity index (χ0n) is 10.2. The maximum absolute atomic E-state index is 8.75. The molecule has 3 nitrogen and oxygen atoms in total. The van der Waals surface area contributed by atoms with Crippen LogP contribution < -0.4 is 0 Å². The van der Waals surface area contributed by atoms with Crippen molar-refractivity contribution in [2.75, 3.05) is 5.75 Å². The molecule has 0 N–H and O–H groups in total. The number of nitrogens with zero attached hydrogens (tertiary/aromatic N) is 3. The summed E-state index contributed by atoms with van der Waals surface area (Å²) in [4.78, 5) is 9.59. The molecule has 0 fully saturated rings. The smallest absolute Gasteiger partial charge is 0.128 e. The van der Waals surface area contributed by atoms with E-state index in [1.807, 2.05) is 12.1 Å². The fourth-order valence-electron chi connectivity index (χ4n) is 1.90. The van der Waals surface area contributed by atoms with Crippen molar-refractivity contribution in [2.45, 2.75) is 5.03 Å². The lowest BCUT2D eigenvalue weighted by Crippen LogP contribution is -1.86. The third kappa shape index (κ3) is 2.57. The Morgan fingerprint density at radius 1 is 1.25 bits per heavy atom. The van der Waals surface area contributed by atoms with E-state index in [4.69, 9.17) is 5.26 Å². The second-order valence-corrected chi connectivity index (χ2v) is 6.70. The molecule has 3 rings (SSSR count). The van der Waals surface area contributed by atoms with Crippen LogP contribution in [-0.4, -0.2) is 15.7 Å². The summed E-state index contributed by atoms with van der Waals surface area (Å²) < 4.78 is 1.05. The van der Waals surface area contributed by atoms with Gasteiger partial charge in [0.15, 0.2) is 0 Å². The molecule has 0 aliphatic rings. The number of nitriles is 1. The van der Waals surface area contributed by atoms with Gasteiger partial charge in [-0.05, 0) is 17.7 Å². The number of benzene rings is 1. The molecule has 3 aromatic rings. The number of aromatic nitrogens is 2. The van der Waals surface area contributed by atoms with Crippen LogP contribution in [0.4, 0.5) is 0 Å². The first kappa shape index (κ1) is 13.6. The zero-order chi connectivity index (χ0) is 13.9. The normalized spacial score (nSPS) is 10.6. The number of hydrogen-bond acceptors (Lipinski definition) is 5.